The topological polar surface area (TPSA) is 57.5 Å². The van der Waals surface area contributed by atoms with Crippen LogP contribution in [0.5, 0.6) is 0 Å². The number of aryl methyl sites for hydroxylation is 1. The average molecular weight is 350 g/mol. The molecule has 0 amide bonds. The maximum absolute atomic E-state index is 11.6. The molecule has 1 atom stereocenters. The Balaban J connectivity index is 2.25. The molecule has 6 heteroatoms. The summed E-state index contributed by atoms with van der Waals surface area (Å²) in [5.41, 5.74) is 0.178. The molecule has 1 aromatic heterocycles. The minimum Gasteiger partial charge on any atom is -0.372 e. The number of halogens is 2. The summed E-state index contributed by atoms with van der Waals surface area (Å²) in [4.78, 5) is 8.96. The van der Waals surface area contributed by atoms with Gasteiger partial charge in [0, 0.05) is 24.3 Å². The van der Waals surface area contributed by atoms with Gasteiger partial charge in [-0.15, -0.1) is 0 Å². The Labute approximate surface area is 145 Å². The van der Waals surface area contributed by atoms with E-state index in [2.05, 4.69) is 15.3 Å². The first-order valence-electron chi connectivity index (χ1n) is 7.43. The fourth-order valence-electron chi connectivity index (χ4n) is 2.69. The first-order chi connectivity index (χ1) is 11.0. The molecule has 0 spiro atoms. The molecule has 120 valence electrons. The minimum absolute atomic E-state index is 0.301. The molecule has 0 bridgehead atoms. The van der Waals surface area contributed by atoms with Crippen molar-refractivity contribution in [1.82, 2.24) is 10.3 Å². The van der Waals surface area contributed by atoms with Crippen LogP contribution in [0, 0.1) is 6.92 Å². The lowest BCUT2D eigenvalue weighted by Gasteiger charge is -2.33. The van der Waals surface area contributed by atoms with Crippen LogP contribution < -0.4 is 5.32 Å². The number of hydrogen-bond donors (Lipinski definition) is 2. The predicted octanol–water partition coefficient (Wildman–Crippen LogP) is 3.32. The summed E-state index contributed by atoms with van der Waals surface area (Å²) in [7, 11) is 0. The van der Waals surface area contributed by atoms with Gasteiger partial charge >= 0.3 is 0 Å². The first kappa shape index (κ1) is 16.2. The molecule has 23 heavy (non-hydrogen) atoms. The molecule has 2 N–H and O–H groups in total. The normalized spacial score (nSPS) is 17.1. The fourth-order valence-corrected chi connectivity index (χ4v) is 3.13. The van der Waals surface area contributed by atoms with Gasteiger partial charge in [-0.2, -0.15) is 0 Å². The van der Waals surface area contributed by atoms with E-state index in [1.807, 2.05) is 19.1 Å². The number of amidine groups is 1. The molecule has 0 fully saturated rings. The highest BCUT2D eigenvalue weighted by molar-refractivity contribution is 6.42. The molecule has 0 aliphatic carbocycles. The third kappa shape index (κ3) is 2.94. The van der Waals surface area contributed by atoms with E-state index >= 15 is 0 Å². The third-order valence-corrected chi connectivity index (χ3v) is 4.66. The number of aliphatic imine (C=N–C) groups is 1. The second-order valence-corrected chi connectivity index (χ2v) is 6.27. The van der Waals surface area contributed by atoms with E-state index in [1.54, 1.807) is 24.3 Å². The van der Waals surface area contributed by atoms with Gasteiger partial charge in [-0.05, 0) is 31.5 Å². The zero-order valence-corrected chi connectivity index (χ0v) is 14.2. The summed E-state index contributed by atoms with van der Waals surface area (Å²) in [5, 5.41) is 15.5. The van der Waals surface area contributed by atoms with Crippen molar-refractivity contribution >= 4 is 29.0 Å². The summed E-state index contributed by atoms with van der Waals surface area (Å²) in [5.74, 6) is 0.450. The molecule has 2 heterocycles. The number of benzene rings is 1. The quantitative estimate of drug-likeness (QED) is 0.893. The van der Waals surface area contributed by atoms with E-state index in [-0.39, 0.29) is 0 Å². The van der Waals surface area contributed by atoms with Crippen LogP contribution in [0.4, 0.5) is 0 Å². The molecular formula is C17H17Cl2N3O. The second kappa shape index (κ2) is 6.48. The van der Waals surface area contributed by atoms with Gasteiger partial charge in [0.05, 0.1) is 15.7 Å². The zero-order chi connectivity index (χ0) is 16.4. The Morgan fingerprint density at radius 1 is 1.17 bits per heavy atom. The van der Waals surface area contributed by atoms with Gasteiger partial charge < -0.3 is 10.4 Å². The SMILES string of the molecule is Cc1cccc(C(O)(C2=NCCCN2)c2cccc(Cl)c2Cl)n1. The number of rotatable bonds is 3. The highest BCUT2D eigenvalue weighted by atomic mass is 35.5. The van der Waals surface area contributed by atoms with Crippen LogP contribution in [-0.2, 0) is 5.60 Å². The third-order valence-electron chi connectivity index (χ3n) is 3.84. The number of hydrogen-bond acceptors (Lipinski definition) is 4. The van der Waals surface area contributed by atoms with Crippen LogP contribution in [0.2, 0.25) is 10.0 Å². The van der Waals surface area contributed by atoms with Crippen LogP contribution in [0.15, 0.2) is 41.4 Å². The zero-order valence-electron chi connectivity index (χ0n) is 12.7. The highest BCUT2D eigenvalue weighted by Gasteiger charge is 2.41. The fraction of sp³-hybridized carbons (Fsp3) is 0.294. The van der Waals surface area contributed by atoms with Crippen LogP contribution in [-0.4, -0.2) is 29.0 Å². The number of nitrogens with one attached hydrogen (secondary N) is 1. The Kier molecular flexibility index (Phi) is 4.57. The molecule has 4 nitrogen and oxygen atoms in total. The largest absolute Gasteiger partial charge is 0.372 e. The summed E-state index contributed by atoms with van der Waals surface area (Å²) >= 11 is 12.5. The molecule has 1 aliphatic rings. The maximum Gasteiger partial charge on any atom is 0.190 e. The van der Waals surface area contributed by atoms with E-state index in [0.717, 1.165) is 18.7 Å². The van der Waals surface area contributed by atoms with Crippen molar-refractivity contribution in [3.8, 4) is 0 Å². The lowest BCUT2D eigenvalue weighted by atomic mass is 9.87. The van der Waals surface area contributed by atoms with Crippen LogP contribution >= 0.6 is 23.2 Å². The van der Waals surface area contributed by atoms with Crippen molar-refractivity contribution in [3.63, 3.8) is 0 Å². The van der Waals surface area contributed by atoms with Gasteiger partial charge in [0.1, 0.15) is 5.84 Å². The van der Waals surface area contributed by atoms with Crippen molar-refractivity contribution in [2.75, 3.05) is 13.1 Å². The van der Waals surface area contributed by atoms with Crippen molar-refractivity contribution in [2.45, 2.75) is 18.9 Å². The van der Waals surface area contributed by atoms with E-state index in [4.69, 9.17) is 23.2 Å². The molecule has 3 rings (SSSR count). The lowest BCUT2D eigenvalue weighted by Crippen LogP contribution is -2.48. The average Bonchev–Trinajstić information content (AvgIpc) is 2.57. The molecule has 0 radical (unpaired) electrons. The number of aromatic nitrogens is 1. The number of aliphatic hydroxyl groups is 1. The van der Waals surface area contributed by atoms with Gasteiger partial charge in [0.2, 0.25) is 0 Å². The molecule has 0 saturated carbocycles. The maximum atomic E-state index is 11.6. The van der Waals surface area contributed by atoms with Crippen LogP contribution in [0.3, 0.4) is 0 Å². The van der Waals surface area contributed by atoms with Crippen molar-refractivity contribution < 1.29 is 5.11 Å². The molecular weight excluding hydrogens is 333 g/mol. The van der Waals surface area contributed by atoms with Crippen molar-refractivity contribution in [2.24, 2.45) is 4.99 Å². The number of pyridine rings is 1. The lowest BCUT2D eigenvalue weighted by molar-refractivity contribution is 0.145. The minimum atomic E-state index is -1.56. The molecule has 1 aliphatic heterocycles. The van der Waals surface area contributed by atoms with Crippen LogP contribution in [0.25, 0.3) is 0 Å². The Morgan fingerprint density at radius 2 is 1.96 bits per heavy atom. The Bertz CT molecular complexity index is 763. The summed E-state index contributed by atoms with van der Waals surface area (Å²) < 4.78 is 0. The van der Waals surface area contributed by atoms with E-state index in [9.17, 15) is 5.11 Å². The smallest absolute Gasteiger partial charge is 0.190 e. The summed E-state index contributed by atoms with van der Waals surface area (Å²) in [6.45, 7) is 3.26. The van der Waals surface area contributed by atoms with Gasteiger partial charge in [0.25, 0.3) is 0 Å². The highest BCUT2D eigenvalue weighted by Crippen LogP contribution is 2.38. The Morgan fingerprint density at radius 3 is 2.65 bits per heavy atom. The second-order valence-electron chi connectivity index (χ2n) is 5.49. The van der Waals surface area contributed by atoms with Crippen molar-refractivity contribution in [3.05, 3.63) is 63.4 Å². The summed E-state index contributed by atoms with van der Waals surface area (Å²) in [6.07, 6.45) is 0.921. The van der Waals surface area contributed by atoms with E-state index in [0.29, 0.717) is 33.7 Å². The molecule has 1 unspecified atom stereocenters. The summed E-state index contributed by atoms with van der Waals surface area (Å²) in [6, 6.07) is 10.7. The van der Waals surface area contributed by atoms with Gasteiger partial charge in [-0.3, -0.25) is 9.98 Å². The van der Waals surface area contributed by atoms with Gasteiger partial charge in [-0.1, -0.05) is 41.4 Å². The molecule has 1 aromatic carbocycles. The van der Waals surface area contributed by atoms with Crippen molar-refractivity contribution in [1.29, 1.82) is 0 Å². The van der Waals surface area contributed by atoms with Crippen LogP contribution in [0.1, 0.15) is 23.4 Å². The first-order valence-corrected chi connectivity index (χ1v) is 8.19. The van der Waals surface area contributed by atoms with E-state index in [1.165, 1.54) is 0 Å². The molecule has 2 aromatic rings. The van der Waals surface area contributed by atoms with E-state index < -0.39 is 5.60 Å². The van der Waals surface area contributed by atoms with Gasteiger partial charge in [0.15, 0.2) is 5.60 Å². The number of nitrogens with zero attached hydrogens (tertiary/aromatic N) is 2. The predicted molar refractivity (Wildman–Crippen MR) is 93.4 cm³/mol. The Hall–Kier alpha value is -1.62. The standard InChI is InChI=1S/C17H17Cl2N3O/c1-11-5-2-8-14(22-11)17(23,16-20-9-4-10-21-16)12-6-3-7-13(18)15(12)19/h2-3,5-8,23H,4,9-10H2,1H3,(H,20,21). The molecule has 0 saturated heterocycles. The van der Waals surface area contributed by atoms with Gasteiger partial charge in [-0.25, -0.2) is 0 Å². The monoisotopic (exact) mass is 349 g/mol.